The zero-order valence-electron chi connectivity index (χ0n) is 12.9. The monoisotopic (exact) mass is 263 g/mol. The molecule has 0 aliphatic heterocycles. The lowest BCUT2D eigenvalue weighted by Crippen LogP contribution is -2.28. The minimum atomic E-state index is 0.396. The maximum absolute atomic E-state index is 5.47. The second kappa shape index (κ2) is 8.98. The van der Waals surface area contributed by atoms with E-state index in [1.807, 2.05) is 6.92 Å². The molecule has 1 aromatic rings. The number of benzene rings is 1. The average Bonchev–Trinajstić information content (AvgIpc) is 2.40. The largest absolute Gasteiger partial charge is 0.494 e. The molecule has 108 valence electrons. The third kappa shape index (κ3) is 6.11. The Labute approximate surface area is 118 Å². The van der Waals surface area contributed by atoms with Gasteiger partial charge in [-0.15, -0.1) is 0 Å². The second-order valence-electron chi connectivity index (χ2n) is 5.29. The van der Waals surface area contributed by atoms with Crippen LogP contribution < -0.4 is 10.1 Å². The summed E-state index contributed by atoms with van der Waals surface area (Å²) in [4.78, 5) is 0. The highest BCUT2D eigenvalue weighted by Crippen LogP contribution is 2.18. The van der Waals surface area contributed by atoms with Crippen molar-refractivity contribution in [3.8, 4) is 5.75 Å². The van der Waals surface area contributed by atoms with Crippen LogP contribution in [-0.4, -0.2) is 12.6 Å². The molecule has 0 aliphatic carbocycles. The van der Waals surface area contributed by atoms with Crippen LogP contribution in [0, 0.1) is 0 Å². The summed E-state index contributed by atoms with van der Waals surface area (Å²) in [5, 5.41) is 3.67. The van der Waals surface area contributed by atoms with Gasteiger partial charge in [0.1, 0.15) is 5.75 Å². The maximum atomic E-state index is 5.47. The average molecular weight is 263 g/mol. The Morgan fingerprint density at radius 1 is 1.05 bits per heavy atom. The van der Waals surface area contributed by atoms with E-state index in [2.05, 4.69) is 50.4 Å². The van der Waals surface area contributed by atoms with E-state index in [4.69, 9.17) is 4.74 Å². The lowest BCUT2D eigenvalue weighted by atomic mass is 10.1. The van der Waals surface area contributed by atoms with Gasteiger partial charge in [-0.3, -0.25) is 0 Å². The van der Waals surface area contributed by atoms with Gasteiger partial charge >= 0.3 is 0 Å². The van der Waals surface area contributed by atoms with Crippen LogP contribution in [0.2, 0.25) is 0 Å². The highest BCUT2D eigenvalue weighted by Gasteiger charge is 2.09. The molecule has 2 unspecified atom stereocenters. The summed E-state index contributed by atoms with van der Waals surface area (Å²) in [6, 6.07) is 9.39. The maximum Gasteiger partial charge on any atom is 0.119 e. The molecule has 2 heteroatoms. The number of hydrogen-bond donors (Lipinski definition) is 1. The lowest BCUT2D eigenvalue weighted by molar-refractivity contribution is 0.340. The molecule has 0 fully saturated rings. The van der Waals surface area contributed by atoms with Crippen LogP contribution in [0.15, 0.2) is 24.3 Å². The first-order valence-corrected chi connectivity index (χ1v) is 7.66. The minimum Gasteiger partial charge on any atom is -0.494 e. The van der Waals surface area contributed by atoms with Crippen molar-refractivity contribution in [1.82, 2.24) is 5.32 Å². The molecule has 0 aromatic heterocycles. The quantitative estimate of drug-likeness (QED) is 0.652. The van der Waals surface area contributed by atoms with Gasteiger partial charge in [0.05, 0.1) is 6.61 Å². The third-order valence-corrected chi connectivity index (χ3v) is 3.47. The van der Waals surface area contributed by atoms with Crippen molar-refractivity contribution in [2.45, 2.75) is 65.5 Å². The van der Waals surface area contributed by atoms with E-state index < -0.39 is 0 Å². The molecule has 0 saturated carbocycles. The van der Waals surface area contributed by atoms with E-state index in [1.165, 1.54) is 31.2 Å². The fraction of sp³-hybridized carbons (Fsp3) is 0.647. The highest BCUT2D eigenvalue weighted by molar-refractivity contribution is 5.28. The number of nitrogens with one attached hydrogen (secondary N) is 1. The first-order valence-electron chi connectivity index (χ1n) is 7.66. The fourth-order valence-corrected chi connectivity index (χ4v) is 2.33. The summed E-state index contributed by atoms with van der Waals surface area (Å²) in [7, 11) is 0. The van der Waals surface area contributed by atoms with Crippen LogP contribution in [0.4, 0.5) is 0 Å². The van der Waals surface area contributed by atoms with Crippen LogP contribution in [0.25, 0.3) is 0 Å². The molecule has 1 rings (SSSR count). The summed E-state index contributed by atoms with van der Waals surface area (Å²) in [5.74, 6) is 0.953. The van der Waals surface area contributed by atoms with Gasteiger partial charge in [0.25, 0.3) is 0 Å². The Morgan fingerprint density at radius 3 is 2.32 bits per heavy atom. The van der Waals surface area contributed by atoms with Crippen LogP contribution in [0.3, 0.4) is 0 Å². The molecule has 2 atom stereocenters. The van der Waals surface area contributed by atoms with Gasteiger partial charge in [0.15, 0.2) is 0 Å². The van der Waals surface area contributed by atoms with Gasteiger partial charge in [-0.25, -0.2) is 0 Å². The molecule has 0 bridgehead atoms. The van der Waals surface area contributed by atoms with Gasteiger partial charge in [0, 0.05) is 12.1 Å². The second-order valence-corrected chi connectivity index (χ2v) is 5.29. The van der Waals surface area contributed by atoms with Gasteiger partial charge in [-0.2, -0.15) is 0 Å². The van der Waals surface area contributed by atoms with Crippen LogP contribution in [-0.2, 0) is 0 Å². The zero-order chi connectivity index (χ0) is 14.1. The van der Waals surface area contributed by atoms with E-state index in [1.54, 1.807) is 0 Å². The fourth-order valence-electron chi connectivity index (χ4n) is 2.33. The van der Waals surface area contributed by atoms with Gasteiger partial charge in [-0.1, -0.05) is 38.3 Å². The van der Waals surface area contributed by atoms with Crippen molar-refractivity contribution in [2.24, 2.45) is 0 Å². The summed E-state index contributed by atoms with van der Waals surface area (Å²) < 4.78 is 5.47. The Balaban J connectivity index is 2.41. The SMILES string of the molecule is CCCCCC(C)NC(C)c1ccc(OCC)cc1. The molecule has 0 radical (unpaired) electrons. The molecule has 0 saturated heterocycles. The van der Waals surface area contributed by atoms with E-state index in [-0.39, 0.29) is 0 Å². The summed E-state index contributed by atoms with van der Waals surface area (Å²) in [6.07, 6.45) is 5.21. The van der Waals surface area contributed by atoms with E-state index in [9.17, 15) is 0 Å². The van der Waals surface area contributed by atoms with Crippen molar-refractivity contribution in [3.05, 3.63) is 29.8 Å². The Morgan fingerprint density at radius 2 is 1.74 bits per heavy atom. The molecular formula is C17H29NO. The Bertz CT molecular complexity index is 334. The topological polar surface area (TPSA) is 21.3 Å². The first-order chi connectivity index (χ1) is 9.17. The molecule has 2 nitrogen and oxygen atoms in total. The van der Waals surface area contributed by atoms with Crippen LogP contribution in [0.5, 0.6) is 5.75 Å². The number of rotatable bonds is 9. The van der Waals surface area contributed by atoms with Crippen molar-refractivity contribution in [3.63, 3.8) is 0 Å². The smallest absolute Gasteiger partial charge is 0.119 e. The Hall–Kier alpha value is -1.02. The normalized spacial score (nSPS) is 14.1. The predicted octanol–water partition coefficient (Wildman–Crippen LogP) is 4.70. The lowest BCUT2D eigenvalue weighted by Gasteiger charge is -2.20. The van der Waals surface area contributed by atoms with Gasteiger partial charge < -0.3 is 10.1 Å². The molecule has 0 aliphatic rings. The first kappa shape index (κ1) is 16.0. The van der Waals surface area contributed by atoms with Crippen molar-refractivity contribution in [2.75, 3.05) is 6.61 Å². The molecule has 1 N–H and O–H groups in total. The molecule has 0 amide bonds. The standard InChI is InChI=1S/C17H29NO/c1-5-7-8-9-14(3)18-15(4)16-10-12-17(13-11-16)19-6-2/h10-15,18H,5-9H2,1-4H3. The van der Waals surface area contributed by atoms with E-state index >= 15 is 0 Å². The van der Waals surface area contributed by atoms with Crippen molar-refractivity contribution < 1.29 is 4.74 Å². The summed E-state index contributed by atoms with van der Waals surface area (Å²) >= 11 is 0. The predicted molar refractivity (Wildman–Crippen MR) is 82.8 cm³/mol. The van der Waals surface area contributed by atoms with Crippen LogP contribution >= 0.6 is 0 Å². The van der Waals surface area contributed by atoms with E-state index in [0.717, 1.165) is 12.4 Å². The molecule has 0 spiro atoms. The number of ether oxygens (including phenoxy) is 1. The Kier molecular flexibility index (Phi) is 7.57. The van der Waals surface area contributed by atoms with Crippen LogP contribution in [0.1, 0.15) is 65.0 Å². The van der Waals surface area contributed by atoms with Crippen molar-refractivity contribution in [1.29, 1.82) is 0 Å². The minimum absolute atomic E-state index is 0.396. The van der Waals surface area contributed by atoms with E-state index in [0.29, 0.717) is 12.1 Å². The zero-order valence-corrected chi connectivity index (χ0v) is 12.9. The summed E-state index contributed by atoms with van der Waals surface area (Å²) in [6.45, 7) is 9.49. The van der Waals surface area contributed by atoms with Gasteiger partial charge in [-0.05, 0) is 44.9 Å². The summed E-state index contributed by atoms with van der Waals surface area (Å²) in [5.41, 5.74) is 1.32. The van der Waals surface area contributed by atoms with Gasteiger partial charge in [0.2, 0.25) is 0 Å². The number of unbranched alkanes of at least 4 members (excludes halogenated alkanes) is 2. The molecule has 19 heavy (non-hydrogen) atoms. The molecule has 1 aromatic carbocycles. The third-order valence-electron chi connectivity index (χ3n) is 3.47. The van der Waals surface area contributed by atoms with Crippen molar-refractivity contribution >= 4 is 0 Å². The number of hydrogen-bond acceptors (Lipinski definition) is 2. The molecule has 0 heterocycles. The molecular weight excluding hydrogens is 234 g/mol. The highest BCUT2D eigenvalue weighted by atomic mass is 16.5.